The first-order chi connectivity index (χ1) is 15.0. The molecular formula is C19H17F3N4O4S2. The fourth-order valence-electron chi connectivity index (χ4n) is 3.24. The van der Waals surface area contributed by atoms with Crippen molar-refractivity contribution >= 4 is 33.0 Å². The van der Waals surface area contributed by atoms with Crippen LogP contribution in [-0.4, -0.2) is 42.5 Å². The zero-order valence-corrected chi connectivity index (χ0v) is 18.3. The third-order valence-corrected chi connectivity index (χ3v) is 7.51. The van der Waals surface area contributed by atoms with E-state index in [9.17, 15) is 26.4 Å². The van der Waals surface area contributed by atoms with Crippen molar-refractivity contribution < 1.29 is 30.8 Å². The van der Waals surface area contributed by atoms with Crippen LogP contribution < -0.4 is 4.72 Å². The van der Waals surface area contributed by atoms with Crippen molar-refractivity contribution in [3.8, 4) is 10.8 Å². The normalized spacial score (nSPS) is 14.7. The fraction of sp³-hybridized carbons (Fsp3) is 0.316. The predicted molar refractivity (Wildman–Crippen MR) is 110 cm³/mol. The molecule has 0 aliphatic carbocycles. The molecule has 0 atom stereocenters. The van der Waals surface area contributed by atoms with E-state index in [2.05, 4.69) is 14.9 Å². The third kappa shape index (κ3) is 4.48. The van der Waals surface area contributed by atoms with E-state index in [1.54, 1.807) is 11.8 Å². The molecule has 3 heterocycles. The lowest BCUT2D eigenvalue weighted by Crippen LogP contribution is -2.27. The van der Waals surface area contributed by atoms with E-state index in [1.807, 2.05) is 0 Å². The van der Waals surface area contributed by atoms with Gasteiger partial charge in [0.1, 0.15) is 4.90 Å². The highest BCUT2D eigenvalue weighted by Gasteiger charge is 2.30. The van der Waals surface area contributed by atoms with Crippen molar-refractivity contribution in [2.24, 2.45) is 0 Å². The lowest BCUT2D eigenvalue weighted by atomic mass is 10.2. The number of aromatic nitrogens is 2. The summed E-state index contributed by atoms with van der Waals surface area (Å²) in [5.74, 6) is -0.525. The summed E-state index contributed by atoms with van der Waals surface area (Å²) in [7, 11) is -4.09. The van der Waals surface area contributed by atoms with Gasteiger partial charge in [-0.25, -0.2) is 8.42 Å². The van der Waals surface area contributed by atoms with Crippen LogP contribution in [0.25, 0.3) is 10.8 Å². The van der Waals surface area contributed by atoms with E-state index in [-0.39, 0.29) is 28.3 Å². The number of sulfonamides is 1. The second kappa shape index (κ2) is 8.20. The average Bonchev–Trinajstić information content (AvgIpc) is 3.47. The Morgan fingerprint density at radius 1 is 1.16 bits per heavy atom. The Kier molecular flexibility index (Phi) is 5.71. The van der Waals surface area contributed by atoms with Crippen molar-refractivity contribution in [2.75, 3.05) is 17.8 Å². The molecule has 1 aliphatic rings. The van der Waals surface area contributed by atoms with Crippen molar-refractivity contribution in [2.45, 2.75) is 30.8 Å². The van der Waals surface area contributed by atoms with E-state index < -0.39 is 21.8 Å². The summed E-state index contributed by atoms with van der Waals surface area (Å²) in [6.45, 7) is 2.81. The number of carbonyl (C=O) groups excluding carboxylic acids is 1. The number of carbonyl (C=O) groups is 1. The minimum atomic E-state index is -4.52. The summed E-state index contributed by atoms with van der Waals surface area (Å²) in [5.41, 5.74) is -0.897. The number of thiophene rings is 1. The fourth-order valence-corrected chi connectivity index (χ4v) is 5.81. The molecule has 2 aromatic heterocycles. The molecule has 0 bridgehead atoms. The molecule has 1 amide bonds. The number of likely N-dealkylation sites (tertiary alicyclic amines) is 1. The van der Waals surface area contributed by atoms with Gasteiger partial charge in [-0.05, 0) is 50.1 Å². The Morgan fingerprint density at radius 2 is 1.81 bits per heavy atom. The second-order valence-electron chi connectivity index (χ2n) is 7.12. The Bertz CT molecular complexity index is 1240. The van der Waals surface area contributed by atoms with Crippen molar-refractivity contribution in [3.05, 3.63) is 46.7 Å². The number of halogens is 3. The first-order valence-corrected chi connectivity index (χ1v) is 11.8. The Morgan fingerprint density at radius 3 is 2.44 bits per heavy atom. The van der Waals surface area contributed by atoms with E-state index in [4.69, 9.17) is 4.42 Å². The van der Waals surface area contributed by atoms with Crippen LogP contribution in [-0.2, 0) is 16.2 Å². The molecule has 1 fully saturated rings. The lowest BCUT2D eigenvalue weighted by molar-refractivity contribution is -0.137. The van der Waals surface area contributed by atoms with Crippen LogP contribution in [0.3, 0.4) is 0 Å². The van der Waals surface area contributed by atoms with Gasteiger partial charge in [0.2, 0.25) is 0 Å². The molecule has 0 spiro atoms. The zero-order chi connectivity index (χ0) is 23.1. The molecular weight excluding hydrogens is 469 g/mol. The molecule has 1 aromatic carbocycles. The van der Waals surface area contributed by atoms with E-state index in [0.717, 1.165) is 48.4 Å². The van der Waals surface area contributed by atoms with Gasteiger partial charge in [0.15, 0.2) is 0 Å². The van der Waals surface area contributed by atoms with Gasteiger partial charge in [0.25, 0.3) is 15.9 Å². The first kappa shape index (κ1) is 22.3. The van der Waals surface area contributed by atoms with Gasteiger partial charge in [-0.2, -0.15) is 13.2 Å². The number of anilines is 1. The van der Waals surface area contributed by atoms with Gasteiger partial charge in [-0.3, -0.25) is 9.52 Å². The monoisotopic (exact) mass is 486 g/mol. The van der Waals surface area contributed by atoms with Crippen LogP contribution in [0.2, 0.25) is 0 Å². The minimum absolute atomic E-state index is 0.0108. The molecule has 0 radical (unpaired) electrons. The second-order valence-corrected chi connectivity index (χ2v) is 10.0. The summed E-state index contributed by atoms with van der Waals surface area (Å²) in [5, 5.41) is 7.63. The van der Waals surface area contributed by atoms with Crippen LogP contribution in [0.15, 0.2) is 39.6 Å². The van der Waals surface area contributed by atoms with Gasteiger partial charge in [0.05, 0.1) is 10.4 Å². The number of alkyl halides is 3. The third-order valence-electron chi connectivity index (χ3n) is 4.84. The summed E-state index contributed by atoms with van der Waals surface area (Å²) in [4.78, 5) is 14.7. The topological polar surface area (TPSA) is 105 Å². The summed E-state index contributed by atoms with van der Waals surface area (Å²) < 4.78 is 71.4. The van der Waals surface area contributed by atoms with Gasteiger partial charge in [0, 0.05) is 23.7 Å². The van der Waals surface area contributed by atoms with Gasteiger partial charge >= 0.3 is 18.0 Å². The Hall–Kier alpha value is -2.93. The van der Waals surface area contributed by atoms with Crippen molar-refractivity contribution in [1.82, 2.24) is 15.1 Å². The number of aryl methyl sites for hydroxylation is 1. The lowest BCUT2D eigenvalue weighted by Gasteiger charge is -2.11. The predicted octanol–water partition coefficient (Wildman–Crippen LogP) is 4.16. The smallest absolute Gasteiger partial charge is 0.411 e. The standard InChI is InChI=1S/C19H17F3N4O4S2/c1-11-15(32(28,29)25-13-6-4-12(5-7-13)19(20,21)22)10-14(31-11)16-23-24-17(30-16)18(27)26-8-2-3-9-26/h4-7,10,25H,2-3,8-9H2,1H3. The molecule has 1 N–H and O–H groups in total. The van der Waals surface area contributed by atoms with Crippen LogP contribution in [0.1, 0.15) is 34.0 Å². The molecule has 1 aliphatic heterocycles. The average molecular weight is 486 g/mol. The van der Waals surface area contributed by atoms with E-state index in [0.29, 0.717) is 22.8 Å². The molecule has 170 valence electrons. The first-order valence-electron chi connectivity index (χ1n) is 9.48. The minimum Gasteiger partial charge on any atom is -0.411 e. The molecule has 4 rings (SSSR count). The molecule has 0 unspecified atom stereocenters. The van der Waals surface area contributed by atoms with E-state index >= 15 is 0 Å². The Labute approximate surface area is 185 Å². The SMILES string of the molecule is Cc1sc(-c2nnc(C(=O)N3CCCC3)o2)cc1S(=O)(=O)Nc1ccc(C(F)(F)F)cc1. The molecule has 13 heteroatoms. The molecule has 3 aromatic rings. The zero-order valence-electron chi connectivity index (χ0n) is 16.6. The number of nitrogens with zero attached hydrogens (tertiary/aromatic N) is 3. The van der Waals surface area contributed by atoms with Crippen molar-refractivity contribution in [1.29, 1.82) is 0 Å². The van der Waals surface area contributed by atoms with Gasteiger partial charge in [-0.15, -0.1) is 21.5 Å². The van der Waals surface area contributed by atoms with E-state index in [1.165, 1.54) is 6.07 Å². The number of hydrogen-bond donors (Lipinski definition) is 1. The highest BCUT2D eigenvalue weighted by Crippen LogP contribution is 2.34. The number of amides is 1. The van der Waals surface area contributed by atoms with Gasteiger partial charge in [-0.1, -0.05) is 0 Å². The maximum absolute atomic E-state index is 12.8. The highest BCUT2D eigenvalue weighted by atomic mass is 32.2. The number of rotatable bonds is 5. The summed E-state index contributed by atoms with van der Waals surface area (Å²) in [6, 6.07) is 4.99. The summed E-state index contributed by atoms with van der Waals surface area (Å²) >= 11 is 1.08. The molecule has 1 saturated heterocycles. The highest BCUT2D eigenvalue weighted by molar-refractivity contribution is 7.93. The summed E-state index contributed by atoms with van der Waals surface area (Å²) in [6.07, 6.45) is -2.71. The van der Waals surface area contributed by atoms with Crippen LogP contribution in [0.5, 0.6) is 0 Å². The largest absolute Gasteiger partial charge is 0.416 e. The van der Waals surface area contributed by atoms with Crippen LogP contribution in [0, 0.1) is 6.92 Å². The Balaban J connectivity index is 1.54. The van der Waals surface area contributed by atoms with Crippen LogP contribution >= 0.6 is 11.3 Å². The van der Waals surface area contributed by atoms with Crippen molar-refractivity contribution in [3.63, 3.8) is 0 Å². The molecule has 32 heavy (non-hydrogen) atoms. The maximum atomic E-state index is 12.8. The van der Waals surface area contributed by atoms with Gasteiger partial charge < -0.3 is 9.32 Å². The molecule has 8 nitrogen and oxygen atoms in total. The quantitative estimate of drug-likeness (QED) is 0.581. The van der Waals surface area contributed by atoms with Crippen LogP contribution in [0.4, 0.5) is 18.9 Å². The number of benzene rings is 1. The number of nitrogens with one attached hydrogen (secondary N) is 1. The maximum Gasteiger partial charge on any atom is 0.416 e. The number of hydrogen-bond acceptors (Lipinski definition) is 7. The molecule has 0 saturated carbocycles.